The summed E-state index contributed by atoms with van der Waals surface area (Å²) >= 11 is 0. The standard InChI is InChI=1S/C34H34N4O4.Cd/c1-7-21-17(3)25-13-26-19(5)23(9-11-33(39)40)31(37-26)16-32-24(10-12-34(41)42)20(6)28(38-32)15-30-22(8-2)18(4)27(36-30)14-29(21)35-25;/h7-8,13-16H,1-2,9-12H2,3-6H3,(H4,35,36,37,38,39,40,41,42);/q;+2/p-2. The minimum Gasteiger partial charge on any atom is -0.657 e. The first-order valence-electron chi connectivity index (χ1n) is 13.7. The zero-order valence-corrected chi connectivity index (χ0v) is 28.9. The molecule has 0 spiro atoms. The summed E-state index contributed by atoms with van der Waals surface area (Å²) in [5, 5.41) is 22.8. The average Bonchev–Trinajstić information content (AvgIpc) is 3.59. The molecule has 0 N–H and O–H groups in total. The molecule has 8 bridgehead atoms. The van der Waals surface area contributed by atoms with E-state index < -0.39 is 11.9 Å². The summed E-state index contributed by atoms with van der Waals surface area (Å²) in [6.45, 7) is 15.8. The van der Waals surface area contributed by atoms with Crippen molar-refractivity contribution in [3.63, 3.8) is 0 Å². The van der Waals surface area contributed by atoms with Crippen LogP contribution in [0.4, 0.5) is 0 Å². The van der Waals surface area contributed by atoms with Crippen LogP contribution in [0.3, 0.4) is 0 Å². The number of carboxylic acids is 2. The molecule has 8 nitrogen and oxygen atoms in total. The summed E-state index contributed by atoms with van der Waals surface area (Å²) in [5.41, 5.74) is 12.2. The van der Waals surface area contributed by atoms with Crippen molar-refractivity contribution in [2.24, 2.45) is 0 Å². The third-order valence-electron chi connectivity index (χ3n) is 8.04. The van der Waals surface area contributed by atoms with Gasteiger partial charge in [-0.2, -0.15) is 0 Å². The van der Waals surface area contributed by atoms with Gasteiger partial charge in [0.25, 0.3) is 0 Å². The van der Waals surface area contributed by atoms with E-state index in [9.17, 15) is 19.8 Å². The van der Waals surface area contributed by atoms with Gasteiger partial charge in [-0.1, -0.05) is 65.8 Å². The molecule has 0 radical (unpaired) electrons. The zero-order chi connectivity index (χ0) is 30.3. The van der Waals surface area contributed by atoms with Crippen molar-refractivity contribution in [1.82, 2.24) is 19.9 Å². The van der Waals surface area contributed by atoms with Gasteiger partial charge in [0.2, 0.25) is 0 Å². The second kappa shape index (κ2) is 12.7. The normalized spacial score (nSPS) is 12.7. The molecule has 0 unspecified atom stereocenters. The maximum atomic E-state index is 11.4. The molecular weight excluding hydrogens is 641 g/mol. The number of aryl methyl sites for hydroxylation is 4. The van der Waals surface area contributed by atoms with Gasteiger partial charge in [-0.15, -0.1) is 22.1 Å². The minimum atomic E-state index is -1.16. The molecule has 0 saturated carbocycles. The molecule has 2 aliphatic rings. The molecule has 0 atom stereocenters. The molecule has 5 heterocycles. The van der Waals surface area contributed by atoms with Gasteiger partial charge in [0.1, 0.15) is 0 Å². The second-order valence-corrected chi connectivity index (χ2v) is 10.5. The first-order valence-corrected chi connectivity index (χ1v) is 13.7. The van der Waals surface area contributed by atoms with Gasteiger partial charge in [-0.05, 0) is 70.6 Å². The number of nitrogens with zero attached hydrogens (tertiary/aromatic N) is 4. The van der Waals surface area contributed by atoms with Crippen LogP contribution >= 0.6 is 0 Å². The van der Waals surface area contributed by atoms with E-state index in [2.05, 4.69) is 13.2 Å². The van der Waals surface area contributed by atoms with E-state index in [-0.39, 0.29) is 55.8 Å². The summed E-state index contributed by atoms with van der Waals surface area (Å²) < 4.78 is 0. The fourth-order valence-electron chi connectivity index (χ4n) is 5.60. The zero-order valence-electron chi connectivity index (χ0n) is 26.8. The van der Waals surface area contributed by atoms with Crippen molar-refractivity contribution in [1.29, 1.82) is 0 Å². The fourth-order valence-corrected chi connectivity index (χ4v) is 5.60. The molecule has 43 heavy (non-hydrogen) atoms. The number of carbonyl (C=O) groups is 2. The van der Waals surface area contributed by atoms with Crippen LogP contribution in [-0.2, 0) is 49.7 Å². The molecule has 9 heteroatoms. The number of hydrogen-bond donors (Lipinski definition) is 0. The summed E-state index contributed by atoms with van der Waals surface area (Å²) in [6, 6.07) is 7.52. The van der Waals surface area contributed by atoms with E-state index in [1.54, 1.807) is 18.2 Å². The third-order valence-corrected chi connectivity index (χ3v) is 8.04. The van der Waals surface area contributed by atoms with Crippen molar-refractivity contribution in [2.75, 3.05) is 0 Å². The molecule has 3 aromatic heterocycles. The van der Waals surface area contributed by atoms with Gasteiger partial charge in [0, 0.05) is 23.1 Å². The largest absolute Gasteiger partial charge is 2.00 e. The molecule has 0 saturated heterocycles. The summed E-state index contributed by atoms with van der Waals surface area (Å²) in [5.74, 6) is -2.31. The van der Waals surface area contributed by atoms with Gasteiger partial charge >= 0.3 is 30.2 Å². The van der Waals surface area contributed by atoms with Gasteiger partial charge in [-0.3, -0.25) is 0 Å². The number of carbonyl (C=O) groups excluding carboxylic acids is 2. The molecule has 0 aromatic carbocycles. The predicted molar refractivity (Wildman–Crippen MR) is 163 cm³/mol. The van der Waals surface area contributed by atoms with Crippen LogP contribution in [0, 0.1) is 13.8 Å². The topological polar surface area (TPSA) is 134 Å². The van der Waals surface area contributed by atoms with Gasteiger partial charge in [0.05, 0.1) is 22.8 Å². The molecular formula is C34H32CdN4O4. The van der Waals surface area contributed by atoms with Crippen LogP contribution in [0.1, 0.15) is 74.6 Å². The average molecular weight is 673 g/mol. The molecule has 214 valence electrons. The van der Waals surface area contributed by atoms with E-state index in [4.69, 9.17) is 19.9 Å². The van der Waals surface area contributed by atoms with E-state index in [0.29, 0.717) is 27.8 Å². The number of aromatic nitrogens is 4. The Labute approximate surface area is 273 Å². The van der Waals surface area contributed by atoms with E-state index in [1.807, 2.05) is 45.9 Å². The first-order chi connectivity index (χ1) is 20.0. The van der Waals surface area contributed by atoms with Crippen LogP contribution < -0.4 is 20.2 Å². The van der Waals surface area contributed by atoms with Gasteiger partial charge in [0.15, 0.2) is 0 Å². The van der Waals surface area contributed by atoms with Crippen molar-refractivity contribution < 1.29 is 50.0 Å². The molecule has 2 aliphatic heterocycles. The predicted octanol–water partition coefficient (Wildman–Crippen LogP) is 4.01. The van der Waals surface area contributed by atoms with Crippen molar-refractivity contribution in [2.45, 2.75) is 53.4 Å². The number of hydrogen-bond acceptors (Lipinski definition) is 6. The molecule has 0 aliphatic carbocycles. The Morgan fingerprint density at radius 1 is 0.698 bits per heavy atom. The Morgan fingerprint density at radius 2 is 1.09 bits per heavy atom. The number of allylic oxidation sites excluding steroid dienone is 6. The van der Waals surface area contributed by atoms with E-state index >= 15 is 0 Å². The number of aliphatic carboxylic acids is 2. The molecule has 0 amide bonds. The Morgan fingerprint density at radius 3 is 1.51 bits per heavy atom. The van der Waals surface area contributed by atoms with Crippen molar-refractivity contribution >= 4 is 56.3 Å². The van der Waals surface area contributed by atoms with Crippen LogP contribution in [-0.4, -0.2) is 21.9 Å². The Bertz CT molecular complexity index is 1940. The van der Waals surface area contributed by atoms with Crippen LogP contribution in [0.25, 0.3) is 44.4 Å². The minimum absolute atomic E-state index is 0. The SMILES string of the molecule is C=CC1=C(C)c2cc3[n-]c(cc4[n-]c(cc5nc(cc1n2)C(C)=C5C=C)c(C)c4CCC(=O)[O-])c(CCC(=O)[O-])c3C.[Cd+2].[H+].[H+]. The van der Waals surface area contributed by atoms with Crippen LogP contribution in [0.2, 0.25) is 0 Å². The molecule has 0 fully saturated rings. The molecule has 5 rings (SSSR count). The summed E-state index contributed by atoms with van der Waals surface area (Å²) in [7, 11) is 0. The maximum Gasteiger partial charge on any atom is 2.00 e. The van der Waals surface area contributed by atoms with E-state index in [1.165, 1.54) is 0 Å². The number of rotatable bonds is 8. The smallest absolute Gasteiger partial charge is 0.657 e. The molecule has 3 aromatic rings. The first kappa shape index (κ1) is 31.9. The number of carboxylic acid groups (broad SMARTS) is 2. The van der Waals surface area contributed by atoms with E-state index in [0.717, 1.165) is 61.6 Å². The fraction of sp³-hybridized carbons (Fsp3) is 0.235. The Kier molecular flexibility index (Phi) is 9.39. The van der Waals surface area contributed by atoms with Crippen molar-refractivity contribution in [3.8, 4) is 0 Å². The maximum absolute atomic E-state index is 11.4. The van der Waals surface area contributed by atoms with Gasteiger partial charge < -0.3 is 29.8 Å². The number of fused-ring (bicyclic) bond motifs is 8. The quantitative estimate of drug-likeness (QED) is 0.328. The second-order valence-electron chi connectivity index (χ2n) is 10.5. The third kappa shape index (κ3) is 6.06. The van der Waals surface area contributed by atoms with Crippen molar-refractivity contribution in [3.05, 3.63) is 94.6 Å². The Hall–Kier alpha value is -4.06. The van der Waals surface area contributed by atoms with Crippen LogP contribution in [0.15, 0.2) is 49.6 Å². The van der Waals surface area contributed by atoms with Gasteiger partial charge in [-0.25, -0.2) is 9.97 Å². The summed E-state index contributed by atoms with van der Waals surface area (Å²) in [4.78, 5) is 42.4. The van der Waals surface area contributed by atoms with Crippen LogP contribution in [0.5, 0.6) is 0 Å². The Balaban J connectivity index is 0.00000235. The monoisotopic (exact) mass is 674 g/mol. The summed E-state index contributed by atoms with van der Waals surface area (Å²) in [6.07, 6.45) is 3.65.